The molecule has 0 saturated carbocycles. The summed E-state index contributed by atoms with van der Waals surface area (Å²) in [5.74, 6) is 0. The van der Waals surface area contributed by atoms with Crippen molar-refractivity contribution < 1.29 is 25.7 Å². The van der Waals surface area contributed by atoms with Crippen LogP contribution in [0.3, 0.4) is 0 Å². The molecule has 0 aromatic heterocycles. The molecule has 113 valence electrons. The molecule has 0 aliphatic rings. The molecule has 6 heteroatoms. The van der Waals surface area contributed by atoms with Crippen LogP contribution in [0.4, 0.5) is 0 Å². The molecule has 0 saturated heterocycles. The predicted octanol–water partition coefficient (Wildman–Crippen LogP) is 4.49. The fourth-order valence-corrected chi connectivity index (χ4v) is 11.6. The van der Waals surface area contributed by atoms with Crippen LogP contribution in [0.5, 0.6) is 0 Å². The third kappa shape index (κ3) is 13.7. The van der Waals surface area contributed by atoms with Crippen molar-refractivity contribution in [1.82, 2.24) is 0 Å². The van der Waals surface area contributed by atoms with Gasteiger partial charge in [0, 0.05) is 0 Å². The number of hydrogen-bond donors (Lipinski definition) is 3. The molecule has 0 fully saturated rings. The fraction of sp³-hybridized carbons (Fsp3) is 0.571. The van der Waals surface area contributed by atoms with Crippen LogP contribution in [0.25, 0.3) is 0 Å². The van der Waals surface area contributed by atoms with Crippen LogP contribution in [0.15, 0.2) is 30.3 Å². The summed E-state index contributed by atoms with van der Waals surface area (Å²) in [6.45, 7) is 4.63. The molecule has 2 nitrogen and oxygen atoms in total. The van der Waals surface area contributed by atoms with Gasteiger partial charge in [-0.05, 0) is 11.8 Å². The van der Waals surface area contributed by atoms with E-state index in [0.717, 1.165) is 0 Å². The monoisotopic (exact) mass is 385 g/mol. The van der Waals surface area contributed by atoms with Crippen molar-refractivity contribution in [2.24, 2.45) is 0 Å². The Balaban J connectivity index is 0.000000621. The van der Waals surface area contributed by atoms with Crippen LogP contribution in [-0.2, 0) is 27.8 Å². The average Bonchev–Trinajstić information content (AvgIpc) is 2.38. The van der Waals surface area contributed by atoms with Gasteiger partial charge >= 0.3 is 100 Å². The molecule has 1 aromatic rings. The van der Waals surface area contributed by atoms with E-state index >= 15 is 0 Å². The second kappa shape index (κ2) is 12.3. The Kier molecular flexibility index (Phi) is 12.8. The summed E-state index contributed by atoms with van der Waals surface area (Å²) in [5, 5.41) is 3.14. The van der Waals surface area contributed by atoms with Crippen LogP contribution < -0.4 is 4.16 Å². The van der Waals surface area contributed by atoms with Crippen molar-refractivity contribution in [3.05, 3.63) is 30.3 Å². The van der Waals surface area contributed by atoms with E-state index in [1.165, 1.54) is 25.7 Å². The second-order valence-corrected chi connectivity index (χ2v) is 18.6. The largest absolute Gasteiger partial charge is 0.338 e. The normalized spacial score (nSPS) is 10.7. The Bertz CT molecular complexity index is 368. The first-order valence-corrected chi connectivity index (χ1v) is 17.0. The number of hydrogen-bond acceptors (Lipinski definition) is 1. The Morgan fingerprint density at radius 2 is 1.45 bits per heavy atom. The van der Waals surface area contributed by atoms with E-state index in [0.29, 0.717) is 0 Å². The molecule has 2 N–H and O–H groups in total. The van der Waals surface area contributed by atoms with Crippen molar-refractivity contribution in [3.63, 3.8) is 0 Å². The van der Waals surface area contributed by atoms with Crippen molar-refractivity contribution >= 4 is 33.9 Å². The van der Waals surface area contributed by atoms with Gasteiger partial charge in [0.05, 0.1) is 0 Å². The van der Waals surface area contributed by atoms with Crippen LogP contribution >= 0.6 is 17.9 Å². The van der Waals surface area contributed by atoms with Gasteiger partial charge in [-0.1, -0.05) is 12.2 Å². The van der Waals surface area contributed by atoms with Crippen molar-refractivity contribution in [2.45, 2.75) is 49.6 Å². The van der Waals surface area contributed by atoms with Crippen molar-refractivity contribution in [2.75, 3.05) is 0 Å². The summed E-state index contributed by atoms with van der Waals surface area (Å²) < 4.78 is 1.75. The first-order chi connectivity index (χ1) is 9.38. The van der Waals surface area contributed by atoms with Gasteiger partial charge in [-0.25, -0.2) is 0 Å². The van der Waals surface area contributed by atoms with E-state index in [4.69, 9.17) is 9.79 Å². The van der Waals surface area contributed by atoms with Crippen LogP contribution in [0, 0.1) is 0 Å². The quantitative estimate of drug-likeness (QED) is 0.367. The molecule has 0 radical (unpaired) electrons. The Morgan fingerprint density at radius 1 is 1.05 bits per heavy atom. The van der Waals surface area contributed by atoms with Gasteiger partial charge < -0.3 is 9.79 Å². The molecule has 0 bridgehead atoms. The zero-order chi connectivity index (χ0) is 15.4. The Hall–Kier alpha value is 0.763. The maximum absolute atomic E-state index is 7.87. The smallest absolute Gasteiger partial charge is 0.239 e. The third-order valence-electron chi connectivity index (χ3n) is 3.48. The molecule has 1 aromatic carbocycles. The minimum atomic E-state index is -3.11. The molecule has 20 heavy (non-hydrogen) atoms. The maximum Gasteiger partial charge on any atom is 0.239 e. The van der Waals surface area contributed by atoms with Crippen molar-refractivity contribution in [3.8, 4) is 0 Å². The SMILES string of the molecule is CCC[CH2][Zn]([CH2]CCC)[c]1ccccc1.OP(O)(=S)S. The van der Waals surface area contributed by atoms with Gasteiger partial charge in [0.25, 0.3) is 0 Å². The molecule has 0 spiro atoms. The van der Waals surface area contributed by atoms with Gasteiger partial charge in [0.15, 0.2) is 0 Å². The zero-order valence-corrected chi connectivity index (χ0v) is 18.1. The summed E-state index contributed by atoms with van der Waals surface area (Å²) in [6.07, 6.45) is 5.65. The second-order valence-electron chi connectivity index (χ2n) is 5.27. The molecular formula is C14H26O2PS2Zn. The van der Waals surface area contributed by atoms with E-state index in [1.54, 1.807) is 14.2 Å². The third-order valence-corrected chi connectivity index (χ3v) is 12.6. The summed E-state index contributed by atoms with van der Waals surface area (Å²) in [5.41, 5.74) is -3.11. The molecule has 0 amide bonds. The van der Waals surface area contributed by atoms with E-state index in [9.17, 15) is 0 Å². The minimum absolute atomic E-state index is 1.34. The topological polar surface area (TPSA) is 40.5 Å². The van der Waals surface area contributed by atoms with E-state index in [1.807, 2.05) is 0 Å². The first-order valence-electron chi connectivity index (χ1n) is 7.46. The molecule has 1 rings (SSSR count). The van der Waals surface area contributed by atoms with Gasteiger partial charge in [0.1, 0.15) is 0 Å². The fourth-order valence-electron chi connectivity index (χ4n) is 2.50. The number of benzene rings is 1. The van der Waals surface area contributed by atoms with E-state index in [2.05, 4.69) is 68.2 Å². The standard InChI is InChI=1S/C6H5.2C4H9.H3O2PS2.Zn/c1-2-4-6-5-3-1;2*1-3-4-2;1-3(2,4)5;/h1-5H;2*1,3-4H2,2H3;(H3,1,2,4,5);. The zero-order valence-electron chi connectivity index (χ0n) is 12.5. The van der Waals surface area contributed by atoms with Crippen LogP contribution in [0.2, 0.25) is 10.0 Å². The molecule has 0 unspecified atom stereocenters. The van der Waals surface area contributed by atoms with Crippen LogP contribution in [0.1, 0.15) is 39.5 Å². The summed E-state index contributed by atoms with van der Waals surface area (Å²) in [6, 6.07) is 11.3. The van der Waals surface area contributed by atoms with Crippen LogP contribution in [-0.4, -0.2) is 9.79 Å². The Morgan fingerprint density at radius 3 is 1.80 bits per heavy atom. The number of unbranched alkanes of at least 4 members (excludes halogenated alkanes) is 2. The van der Waals surface area contributed by atoms with Crippen molar-refractivity contribution in [1.29, 1.82) is 0 Å². The molecule has 0 aliphatic heterocycles. The van der Waals surface area contributed by atoms with Gasteiger partial charge in [-0.15, -0.1) is 0 Å². The first kappa shape index (κ1) is 20.8. The minimum Gasteiger partial charge on any atom is -0.338 e. The van der Waals surface area contributed by atoms with E-state index in [-0.39, 0.29) is 0 Å². The van der Waals surface area contributed by atoms with Gasteiger partial charge in [-0.2, -0.15) is 0 Å². The predicted molar refractivity (Wildman–Crippen MR) is 93.2 cm³/mol. The molecule has 0 heterocycles. The van der Waals surface area contributed by atoms with Gasteiger partial charge in [0.2, 0.25) is 5.69 Å². The summed E-state index contributed by atoms with van der Waals surface area (Å²) >= 11 is 5.73. The van der Waals surface area contributed by atoms with Gasteiger partial charge in [-0.3, -0.25) is 0 Å². The number of rotatable bonds is 7. The Labute approximate surface area is 139 Å². The summed E-state index contributed by atoms with van der Waals surface area (Å²) in [4.78, 5) is 15.7. The maximum atomic E-state index is 7.87. The molecule has 0 aliphatic carbocycles. The molecular weight excluding hydrogens is 361 g/mol. The van der Waals surface area contributed by atoms with E-state index < -0.39 is 21.6 Å². The number of thiol groups is 1. The summed E-state index contributed by atoms with van der Waals surface area (Å²) in [7, 11) is 0. The average molecular weight is 387 g/mol. The molecule has 0 atom stereocenters.